The number of ketones is 1. The number of aromatic hydroxyl groups is 1. The predicted molar refractivity (Wildman–Crippen MR) is 84.8 cm³/mol. The highest BCUT2D eigenvalue weighted by Crippen LogP contribution is 2.36. The van der Waals surface area contributed by atoms with Gasteiger partial charge in [0.1, 0.15) is 0 Å². The molecule has 0 saturated heterocycles. The number of hydrogen-bond donors (Lipinski definition) is 1. The van der Waals surface area contributed by atoms with Gasteiger partial charge in [-0.25, -0.2) is 0 Å². The first kappa shape index (κ1) is 13.9. The van der Waals surface area contributed by atoms with E-state index in [1.165, 1.54) is 7.11 Å². The summed E-state index contributed by atoms with van der Waals surface area (Å²) in [6.45, 7) is 0. The van der Waals surface area contributed by atoms with Crippen molar-refractivity contribution < 1.29 is 14.6 Å². The van der Waals surface area contributed by atoms with Crippen molar-refractivity contribution in [2.24, 2.45) is 0 Å². The van der Waals surface area contributed by atoms with Crippen molar-refractivity contribution in [1.82, 2.24) is 0 Å². The highest BCUT2D eigenvalue weighted by Gasteiger charge is 2.24. The highest BCUT2D eigenvalue weighted by atomic mass is 79.9. The molecule has 21 heavy (non-hydrogen) atoms. The number of benzene rings is 2. The fourth-order valence-corrected chi connectivity index (χ4v) is 2.96. The minimum absolute atomic E-state index is 0.0562. The number of halogens is 1. The van der Waals surface area contributed by atoms with Crippen molar-refractivity contribution in [1.29, 1.82) is 0 Å². The van der Waals surface area contributed by atoms with E-state index < -0.39 is 0 Å². The van der Waals surface area contributed by atoms with Crippen LogP contribution in [-0.2, 0) is 6.42 Å². The zero-order chi connectivity index (χ0) is 15.0. The Morgan fingerprint density at radius 3 is 2.76 bits per heavy atom. The van der Waals surface area contributed by atoms with E-state index in [2.05, 4.69) is 15.9 Å². The van der Waals surface area contributed by atoms with E-state index in [1.54, 1.807) is 12.1 Å². The van der Waals surface area contributed by atoms with Crippen molar-refractivity contribution in [3.8, 4) is 11.5 Å². The van der Waals surface area contributed by atoms with Gasteiger partial charge < -0.3 is 9.84 Å². The van der Waals surface area contributed by atoms with E-state index in [1.807, 2.05) is 30.3 Å². The Morgan fingerprint density at radius 2 is 2.05 bits per heavy atom. The fraction of sp³-hybridized carbons (Fsp3) is 0.118. The van der Waals surface area contributed by atoms with Crippen LogP contribution in [0.2, 0.25) is 0 Å². The average molecular weight is 345 g/mol. The van der Waals surface area contributed by atoms with Crippen molar-refractivity contribution in [3.05, 3.63) is 63.1 Å². The van der Waals surface area contributed by atoms with Crippen LogP contribution in [0, 0.1) is 0 Å². The van der Waals surface area contributed by atoms with Crippen LogP contribution < -0.4 is 4.74 Å². The first-order valence-corrected chi connectivity index (χ1v) is 7.29. The van der Waals surface area contributed by atoms with Crippen LogP contribution in [0.5, 0.6) is 11.5 Å². The minimum atomic E-state index is 0.0562. The third-order valence-electron chi connectivity index (χ3n) is 3.55. The molecule has 4 heteroatoms. The Hall–Kier alpha value is -2.07. The van der Waals surface area contributed by atoms with Crippen molar-refractivity contribution in [2.45, 2.75) is 6.42 Å². The van der Waals surface area contributed by atoms with Gasteiger partial charge in [0.05, 0.1) is 11.6 Å². The van der Waals surface area contributed by atoms with Crippen LogP contribution in [0.4, 0.5) is 0 Å². The molecule has 2 aromatic rings. The predicted octanol–water partition coefficient (Wildman–Crippen LogP) is 3.99. The summed E-state index contributed by atoms with van der Waals surface area (Å²) in [6, 6.07) is 11.1. The Morgan fingerprint density at radius 1 is 1.29 bits per heavy atom. The summed E-state index contributed by atoms with van der Waals surface area (Å²) in [7, 11) is 1.50. The summed E-state index contributed by atoms with van der Waals surface area (Å²) in [5.74, 6) is 0.494. The molecule has 0 fully saturated rings. The molecule has 0 atom stereocenters. The van der Waals surface area contributed by atoms with Gasteiger partial charge in [-0.05, 0) is 45.3 Å². The smallest absolute Gasteiger partial charge is 0.189 e. The van der Waals surface area contributed by atoms with E-state index in [0.29, 0.717) is 16.6 Å². The van der Waals surface area contributed by atoms with E-state index in [4.69, 9.17) is 4.74 Å². The zero-order valence-electron chi connectivity index (χ0n) is 11.4. The molecule has 0 spiro atoms. The summed E-state index contributed by atoms with van der Waals surface area (Å²) in [6.07, 6.45) is 2.48. The summed E-state index contributed by atoms with van der Waals surface area (Å²) < 4.78 is 5.66. The second-order valence-corrected chi connectivity index (χ2v) is 5.74. The molecule has 106 valence electrons. The number of hydrogen-bond acceptors (Lipinski definition) is 3. The first-order chi connectivity index (χ1) is 10.1. The number of phenols is 1. The molecule has 0 aliphatic heterocycles. The molecule has 0 aromatic heterocycles. The van der Waals surface area contributed by atoms with Gasteiger partial charge in [0, 0.05) is 17.6 Å². The van der Waals surface area contributed by atoms with E-state index in [9.17, 15) is 9.90 Å². The standard InChI is InChI=1S/C17H13BrO3/c1-21-15-8-10(7-14(18)17(15)20)6-12-9-11-4-2-3-5-13(11)16(12)19/h2-8,20H,9H2,1H3. The number of ether oxygens (including phenoxy) is 1. The molecule has 0 heterocycles. The quantitative estimate of drug-likeness (QED) is 0.838. The normalized spacial score (nSPS) is 15.3. The molecular formula is C17H13BrO3. The second kappa shape index (κ2) is 5.37. The molecule has 3 rings (SSSR count). The minimum Gasteiger partial charge on any atom is -0.503 e. The molecule has 1 N–H and O–H groups in total. The number of allylic oxidation sites excluding steroid dienone is 1. The maximum Gasteiger partial charge on any atom is 0.189 e. The molecule has 3 nitrogen and oxygen atoms in total. The summed E-state index contributed by atoms with van der Waals surface area (Å²) >= 11 is 3.29. The van der Waals surface area contributed by atoms with Crippen LogP contribution in [-0.4, -0.2) is 18.0 Å². The number of carbonyl (C=O) groups excluding carboxylic acids is 1. The highest BCUT2D eigenvalue weighted by molar-refractivity contribution is 9.10. The zero-order valence-corrected chi connectivity index (χ0v) is 13.0. The number of Topliss-reactive ketones (excluding diaryl/α,β-unsaturated/α-hetero) is 1. The molecule has 1 aliphatic carbocycles. The average Bonchev–Trinajstić information content (AvgIpc) is 2.79. The van der Waals surface area contributed by atoms with Crippen LogP contribution in [0.15, 0.2) is 46.4 Å². The Balaban J connectivity index is 2.01. The lowest BCUT2D eigenvalue weighted by Crippen LogP contribution is -1.95. The molecule has 0 unspecified atom stereocenters. The molecule has 2 aromatic carbocycles. The monoisotopic (exact) mass is 344 g/mol. The van der Waals surface area contributed by atoms with Crippen molar-refractivity contribution >= 4 is 27.8 Å². The lowest BCUT2D eigenvalue weighted by molar-refractivity contribution is 0.104. The largest absolute Gasteiger partial charge is 0.503 e. The fourth-order valence-electron chi connectivity index (χ4n) is 2.50. The molecule has 1 aliphatic rings. The summed E-state index contributed by atoms with van der Waals surface area (Å²) in [5.41, 5.74) is 3.38. The number of carbonyl (C=O) groups is 1. The van der Waals surface area contributed by atoms with Crippen molar-refractivity contribution in [2.75, 3.05) is 7.11 Å². The van der Waals surface area contributed by atoms with Gasteiger partial charge in [-0.2, -0.15) is 0 Å². The SMILES string of the molecule is COc1cc(C=C2Cc3ccccc3C2=O)cc(Br)c1O. The Kier molecular flexibility index (Phi) is 3.55. The summed E-state index contributed by atoms with van der Waals surface area (Å²) in [5, 5.41) is 9.82. The summed E-state index contributed by atoms with van der Waals surface area (Å²) in [4.78, 5) is 12.3. The van der Waals surface area contributed by atoms with Gasteiger partial charge in [-0.1, -0.05) is 24.3 Å². The topological polar surface area (TPSA) is 46.5 Å². The Bertz CT molecular complexity index is 763. The maximum atomic E-state index is 12.3. The van der Waals surface area contributed by atoms with E-state index >= 15 is 0 Å². The lowest BCUT2D eigenvalue weighted by Gasteiger charge is -2.07. The third kappa shape index (κ3) is 2.47. The van der Waals surface area contributed by atoms with Gasteiger partial charge >= 0.3 is 0 Å². The first-order valence-electron chi connectivity index (χ1n) is 6.50. The molecule has 0 amide bonds. The number of methoxy groups -OCH3 is 1. The second-order valence-electron chi connectivity index (χ2n) is 4.89. The Labute approximate surface area is 131 Å². The van der Waals surface area contributed by atoms with Gasteiger partial charge in [0.25, 0.3) is 0 Å². The van der Waals surface area contributed by atoms with Crippen LogP contribution in [0.3, 0.4) is 0 Å². The van der Waals surface area contributed by atoms with Crippen LogP contribution in [0.25, 0.3) is 6.08 Å². The van der Waals surface area contributed by atoms with Crippen LogP contribution >= 0.6 is 15.9 Å². The van der Waals surface area contributed by atoms with Crippen molar-refractivity contribution in [3.63, 3.8) is 0 Å². The number of fused-ring (bicyclic) bond motifs is 1. The van der Waals surface area contributed by atoms with E-state index in [0.717, 1.165) is 22.3 Å². The van der Waals surface area contributed by atoms with Gasteiger partial charge in [-0.15, -0.1) is 0 Å². The van der Waals surface area contributed by atoms with Gasteiger partial charge in [0.2, 0.25) is 0 Å². The molecule has 0 bridgehead atoms. The molecule has 0 saturated carbocycles. The molecular weight excluding hydrogens is 332 g/mol. The lowest BCUT2D eigenvalue weighted by atomic mass is 10.1. The van der Waals surface area contributed by atoms with Crippen LogP contribution in [0.1, 0.15) is 21.5 Å². The van der Waals surface area contributed by atoms with E-state index in [-0.39, 0.29) is 11.5 Å². The number of rotatable bonds is 2. The third-order valence-corrected chi connectivity index (χ3v) is 4.15. The molecule has 0 radical (unpaired) electrons. The van der Waals surface area contributed by atoms with Gasteiger partial charge in [-0.3, -0.25) is 4.79 Å². The number of phenolic OH excluding ortho intramolecular Hbond substituents is 1. The maximum absolute atomic E-state index is 12.3. The van der Waals surface area contributed by atoms with Gasteiger partial charge in [0.15, 0.2) is 17.3 Å².